The first-order valence-electron chi connectivity index (χ1n) is 3.63. The van der Waals surface area contributed by atoms with Crippen molar-refractivity contribution in [2.75, 3.05) is 6.61 Å². The van der Waals surface area contributed by atoms with Gasteiger partial charge in [-0.05, 0) is 6.92 Å². The van der Waals surface area contributed by atoms with Crippen LogP contribution in [0.1, 0.15) is 13.3 Å². The normalized spacial score (nSPS) is 12.4. The van der Waals surface area contributed by atoms with Crippen molar-refractivity contribution in [2.45, 2.75) is 18.6 Å². The van der Waals surface area contributed by atoms with E-state index in [0.29, 0.717) is 0 Å². The molecule has 1 unspecified atom stereocenters. The van der Waals surface area contributed by atoms with Gasteiger partial charge in [-0.25, -0.2) is 4.79 Å². The number of ether oxygens (including phenoxy) is 1. The molecule has 0 aromatic rings. The minimum atomic E-state index is -4.02. The van der Waals surface area contributed by atoms with Crippen LogP contribution in [0.15, 0.2) is 12.7 Å². The fraction of sp³-hybridized carbons (Fsp3) is 0.571. The number of carbonyl (C=O) groups is 1. The summed E-state index contributed by atoms with van der Waals surface area (Å²) in [5.74, 6) is -0.609. The van der Waals surface area contributed by atoms with Crippen LogP contribution in [0.3, 0.4) is 0 Å². The van der Waals surface area contributed by atoms with Crippen molar-refractivity contribution < 1.29 is 22.5 Å². The van der Waals surface area contributed by atoms with Crippen LogP contribution < -0.4 is 0 Å². The number of rotatable bonds is 5. The molecule has 0 aliphatic carbocycles. The van der Waals surface area contributed by atoms with Gasteiger partial charge in [0.1, 0.15) is 0 Å². The van der Waals surface area contributed by atoms with E-state index < -0.39 is 21.3 Å². The molecule has 0 aliphatic rings. The Kier molecular flexibility index (Phi) is 8.77. The van der Waals surface area contributed by atoms with E-state index in [2.05, 4.69) is 11.3 Å². The van der Waals surface area contributed by atoms with Crippen molar-refractivity contribution in [3.05, 3.63) is 12.7 Å². The van der Waals surface area contributed by atoms with Gasteiger partial charge < -0.3 is 4.74 Å². The molecule has 0 aromatic heterocycles. The van der Waals surface area contributed by atoms with Crippen LogP contribution in [0.25, 0.3) is 0 Å². The van der Waals surface area contributed by atoms with Gasteiger partial charge in [-0.1, -0.05) is 6.58 Å². The molecule has 78 valence electrons. The standard InChI is InChI=1S/C7H12O5S.Na.H/c1-3-7(8)12-5-4-6(2)13(9,10)11;;/h3,6H,1,4-5H2,2H3,(H,9,10,11);;. The van der Waals surface area contributed by atoms with Gasteiger partial charge in [0.2, 0.25) is 0 Å². The summed E-state index contributed by atoms with van der Waals surface area (Å²) >= 11 is 0. The molecule has 0 saturated carbocycles. The summed E-state index contributed by atoms with van der Waals surface area (Å²) < 4.78 is 34.0. The zero-order valence-corrected chi connectivity index (χ0v) is 8.08. The van der Waals surface area contributed by atoms with Gasteiger partial charge in [-0.15, -0.1) is 0 Å². The van der Waals surface area contributed by atoms with E-state index in [1.165, 1.54) is 6.92 Å². The SMILES string of the molecule is C=CC(=O)OCCC(C)S(=O)(=O)O.[NaH]. The zero-order chi connectivity index (χ0) is 10.5. The van der Waals surface area contributed by atoms with Crippen molar-refractivity contribution in [2.24, 2.45) is 0 Å². The van der Waals surface area contributed by atoms with Crippen LogP contribution in [0.5, 0.6) is 0 Å². The molecule has 0 rings (SSSR count). The van der Waals surface area contributed by atoms with Crippen LogP contribution >= 0.6 is 0 Å². The summed E-state index contributed by atoms with van der Waals surface area (Å²) in [5, 5.41) is -0.926. The fourth-order valence-corrected chi connectivity index (χ4v) is 0.927. The molecule has 0 amide bonds. The summed E-state index contributed by atoms with van der Waals surface area (Å²) in [4.78, 5) is 10.5. The second kappa shape index (κ2) is 7.42. The van der Waals surface area contributed by atoms with Crippen LogP contribution in [0.2, 0.25) is 0 Å². The summed E-state index contributed by atoms with van der Waals surface area (Å²) in [7, 11) is -4.02. The van der Waals surface area contributed by atoms with E-state index >= 15 is 0 Å². The predicted octanol–water partition coefficient (Wildman–Crippen LogP) is -0.267. The van der Waals surface area contributed by atoms with E-state index in [0.717, 1.165) is 6.08 Å². The maximum absolute atomic E-state index is 10.5. The van der Waals surface area contributed by atoms with E-state index in [1.807, 2.05) is 0 Å². The topological polar surface area (TPSA) is 80.7 Å². The number of hydrogen-bond acceptors (Lipinski definition) is 4. The summed E-state index contributed by atoms with van der Waals surface area (Å²) in [6.45, 7) is 4.45. The maximum atomic E-state index is 10.5. The molecule has 0 radical (unpaired) electrons. The van der Waals surface area contributed by atoms with Gasteiger partial charge >= 0.3 is 35.5 Å². The quantitative estimate of drug-likeness (QED) is 0.305. The Hall–Kier alpha value is 0.120. The zero-order valence-electron chi connectivity index (χ0n) is 7.26. The Morgan fingerprint density at radius 2 is 2.14 bits per heavy atom. The van der Waals surface area contributed by atoms with Crippen LogP contribution in [0, 0.1) is 0 Å². The number of esters is 1. The summed E-state index contributed by atoms with van der Waals surface area (Å²) in [6, 6.07) is 0. The molecule has 14 heavy (non-hydrogen) atoms. The average Bonchev–Trinajstić information content (AvgIpc) is 2.02. The monoisotopic (exact) mass is 232 g/mol. The molecule has 0 bridgehead atoms. The van der Waals surface area contributed by atoms with Gasteiger partial charge in [-0.2, -0.15) is 8.42 Å². The second-order valence-electron chi connectivity index (χ2n) is 2.49. The fourth-order valence-electron chi connectivity index (χ4n) is 0.533. The Balaban J connectivity index is 0. The molecule has 0 fully saturated rings. The van der Waals surface area contributed by atoms with Crippen LogP contribution in [-0.4, -0.2) is 60.4 Å². The van der Waals surface area contributed by atoms with E-state index in [1.54, 1.807) is 0 Å². The number of hydrogen-bond donors (Lipinski definition) is 1. The van der Waals surface area contributed by atoms with Crippen molar-refractivity contribution in [3.8, 4) is 0 Å². The Morgan fingerprint density at radius 1 is 1.64 bits per heavy atom. The van der Waals surface area contributed by atoms with Gasteiger partial charge in [0, 0.05) is 12.5 Å². The molecule has 0 heterocycles. The third-order valence-electron chi connectivity index (χ3n) is 1.44. The third kappa shape index (κ3) is 7.52. The van der Waals surface area contributed by atoms with Crippen molar-refractivity contribution in [3.63, 3.8) is 0 Å². The molecule has 0 aromatic carbocycles. The van der Waals surface area contributed by atoms with Gasteiger partial charge in [0.25, 0.3) is 10.1 Å². The van der Waals surface area contributed by atoms with Crippen molar-refractivity contribution >= 4 is 45.6 Å². The average molecular weight is 232 g/mol. The first-order valence-corrected chi connectivity index (χ1v) is 5.13. The number of carbonyl (C=O) groups excluding carboxylic acids is 1. The van der Waals surface area contributed by atoms with E-state index in [9.17, 15) is 13.2 Å². The molecular formula is C7H13NaO5S. The van der Waals surface area contributed by atoms with E-state index in [4.69, 9.17) is 4.55 Å². The molecule has 0 saturated heterocycles. The van der Waals surface area contributed by atoms with E-state index in [-0.39, 0.29) is 42.6 Å². The Labute approximate surface area is 106 Å². The first-order chi connectivity index (χ1) is 5.88. The second-order valence-corrected chi connectivity index (χ2v) is 4.32. The molecule has 1 atom stereocenters. The van der Waals surface area contributed by atoms with Crippen LogP contribution in [-0.2, 0) is 19.6 Å². The molecule has 5 nitrogen and oxygen atoms in total. The van der Waals surface area contributed by atoms with Gasteiger partial charge in [-0.3, -0.25) is 4.55 Å². The van der Waals surface area contributed by atoms with Crippen molar-refractivity contribution in [1.82, 2.24) is 0 Å². The van der Waals surface area contributed by atoms with Crippen molar-refractivity contribution in [1.29, 1.82) is 0 Å². The summed E-state index contributed by atoms with van der Waals surface area (Å²) in [6.07, 6.45) is 1.05. The third-order valence-corrected chi connectivity index (χ3v) is 2.70. The molecule has 1 N–H and O–H groups in total. The van der Waals surface area contributed by atoms with Gasteiger partial charge in [0.05, 0.1) is 11.9 Å². The molecular weight excluding hydrogens is 219 g/mol. The Bertz CT molecular complexity index is 284. The predicted molar refractivity (Wildman–Crippen MR) is 53.9 cm³/mol. The first kappa shape index (κ1) is 16.5. The molecule has 0 aliphatic heterocycles. The Morgan fingerprint density at radius 3 is 2.50 bits per heavy atom. The molecule has 7 heteroatoms. The van der Waals surface area contributed by atoms with Crippen LogP contribution in [0.4, 0.5) is 0 Å². The minimum absolute atomic E-state index is 0. The van der Waals surface area contributed by atoms with Gasteiger partial charge in [0.15, 0.2) is 0 Å². The molecule has 0 spiro atoms. The summed E-state index contributed by atoms with van der Waals surface area (Å²) in [5.41, 5.74) is 0.